The van der Waals surface area contributed by atoms with Gasteiger partial charge >= 0.3 is 0 Å². The van der Waals surface area contributed by atoms with E-state index in [-0.39, 0.29) is 17.8 Å². The van der Waals surface area contributed by atoms with Gasteiger partial charge in [-0.25, -0.2) is 9.97 Å². The van der Waals surface area contributed by atoms with E-state index in [1.807, 2.05) is 91.9 Å². The summed E-state index contributed by atoms with van der Waals surface area (Å²) in [7, 11) is 0. The molecular weight excluding hydrogens is 348 g/mol. The van der Waals surface area contributed by atoms with E-state index in [1.165, 1.54) is 0 Å². The predicted octanol–water partition coefficient (Wildman–Crippen LogP) is 4.86. The number of hydrogen-bond donors (Lipinski definition) is 2. The fraction of sp³-hybridized carbons (Fsp3) is 0.0870. The molecule has 0 radical (unpaired) electrons. The molecule has 0 fully saturated rings. The molecule has 138 valence electrons. The Labute approximate surface area is 163 Å². The molecule has 1 unspecified atom stereocenters. The van der Waals surface area contributed by atoms with Crippen molar-refractivity contribution in [3.63, 3.8) is 0 Å². The third kappa shape index (κ3) is 3.83. The van der Waals surface area contributed by atoms with E-state index in [0.29, 0.717) is 11.3 Å². The lowest BCUT2D eigenvalue weighted by Crippen LogP contribution is -2.28. The predicted molar refractivity (Wildman–Crippen MR) is 112 cm³/mol. The van der Waals surface area contributed by atoms with Crippen molar-refractivity contribution in [3.05, 3.63) is 96.3 Å². The number of para-hydroxylation sites is 2. The third-order valence-electron chi connectivity index (χ3n) is 4.49. The normalized spacial score (nSPS) is 11.8. The fourth-order valence-electron chi connectivity index (χ4n) is 3.02. The highest BCUT2D eigenvalue weighted by Gasteiger charge is 2.17. The van der Waals surface area contributed by atoms with Crippen molar-refractivity contribution in [2.45, 2.75) is 13.0 Å². The molecule has 0 aliphatic rings. The molecular formula is C23H20N4O. The quantitative estimate of drug-likeness (QED) is 0.528. The summed E-state index contributed by atoms with van der Waals surface area (Å²) in [5.74, 6) is 0.437. The van der Waals surface area contributed by atoms with Crippen molar-refractivity contribution >= 4 is 28.3 Å². The van der Waals surface area contributed by atoms with E-state index >= 15 is 0 Å². The Morgan fingerprint density at radius 3 is 2.21 bits per heavy atom. The number of carbonyl (C=O) groups excluding carboxylic acids is 1. The smallest absolute Gasteiger partial charge is 0.289 e. The Morgan fingerprint density at radius 1 is 0.821 bits per heavy atom. The van der Waals surface area contributed by atoms with Gasteiger partial charge in [-0.1, -0.05) is 60.7 Å². The van der Waals surface area contributed by atoms with E-state index in [0.717, 1.165) is 16.6 Å². The zero-order valence-electron chi connectivity index (χ0n) is 15.5. The molecule has 1 aromatic heterocycles. The zero-order valence-corrected chi connectivity index (χ0v) is 15.5. The summed E-state index contributed by atoms with van der Waals surface area (Å²) in [6, 6.07) is 27.1. The maximum Gasteiger partial charge on any atom is 0.289 e. The van der Waals surface area contributed by atoms with E-state index in [4.69, 9.17) is 0 Å². The SMILES string of the molecule is CC(NC(=O)c1nc(Nc2ccccc2)c2ccccc2n1)c1ccccc1. The standard InChI is InChI=1S/C23H20N4O/c1-16(17-10-4-2-5-11-17)24-23(28)22-26-20-15-9-8-14-19(20)21(27-22)25-18-12-6-3-7-13-18/h2-16H,1H3,(H,24,28)(H,25,26,27). The number of rotatable bonds is 5. The minimum absolute atomic E-state index is 0.139. The van der Waals surface area contributed by atoms with Crippen molar-refractivity contribution in [2.24, 2.45) is 0 Å². The van der Waals surface area contributed by atoms with Crippen LogP contribution in [-0.4, -0.2) is 15.9 Å². The van der Waals surface area contributed by atoms with Gasteiger partial charge in [0, 0.05) is 11.1 Å². The lowest BCUT2D eigenvalue weighted by molar-refractivity contribution is 0.0930. The summed E-state index contributed by atoms with van der Waals surface area (Å²) in [4.78, 5) is 21.8. The van der Waals surface area contributed by atoms with Crippen molar-refractivity contribution < 1.29 is 4.79 Å². The van der Waals surface area contributed by atoms with Crippen LogP contribution in [0.4, 0.5) is 11.5 Å². The van der Waals surface area contributed by atoms with Crippen LogP contribution in [0.3, 0.4) is 0 Å². The second-order valence-corrected chi connectivity index (χ2v) is 6.51. The summed E-state index contributed by atoms with van der Waals surface area (Å²) in [5, 5.41) is 7.13. The maximum absolute atomic E-state index is 12.8. The van der Waals surface area contributed by atoms with Gasteiger partial charge in [-0.05, 0) is 36.8 Å². The number of amides is 1. The number of aromatic nitrogens is 2. The van der Waals surface area contributed by atoms with Gasteiger partial charge in [0.2, 0.25) is 5.82 Å². The van der Waals surface area contributed by atoms with Gasteiger partial charge in [-0.3, -0.25) is 4.79 Å². The minimum Gasteiger partial charge on any atom is -0.343 e. The van der Waals surface area contributed by atoms with Gasteiger partial charge in [0.15, 0.2) is 0 Å². The highest BCUT2D eigenvalue weighted by molar-refractivity contribution is 5.97. The first-order chi connectivity index (χ1) is 13.7. The van der Waals surface area contributed by atoms with Crippen LogP contribution in [-0.2, 0) is 0 Å². The van der Waals surface area contributed by atoms with Crippen LogP contribution < -0.4 is 10.6 Å². The first-order valence-electron chi connectivity index (χ1n) is 9.15. The number of nitrogens with zero attached hydrogens (tertiary/aromatic N) is 2. The van der Waals surface area contributed by atoms with Gasteiger partial charge in [0.1, 0.15) is 5.82 Å². The van der Waals surface area contributed by atoms with Crippen molar-refractivity contribution in [2.75, 3.05) is 5.32 Å². The number of nitrogens with one attached hydrogen (secondary N) is 2. The molecule has 0 spiro atoms. The van der Waals surface area contributed by atoms with Crippen LogP contribution >= 0.6 is 0 Å². The van der Waals surface area contributed by atoms with Gasteiger partial charge in [0.25, 0.3) is 5.91 Å². The molecule has 1 amide bonds. The summed E-state index contributed by atoms with van der Waals surface area (Å²) in [6.45, 7) is 1.94. The van der Waals surface area contributed by atoms with E-state index in [9.17, 15) is 4.79 Å². The van der Waals surface area contributed by atoms with E-state index < -0.39 is 0 Å². The summed E-state index contributed by atoms with van der Waals surface area (Å²) in [5.41, 5.74) is 2.64. The van der Waals surface area contributed by atoms with Crippen LogP contribution in [0, 0.1) is 0 Å². The van der Waals surface area contributed by atoms with Crippen LogP contribution in [0.5, 0.6) is 0 Å². The summed E-state index contributed by atoms with van der Waals surface area (Å²) < 4.78 is 0. The number of fused-ring (bicyclic) bond motifs is 1. The Morgan fingerprint density at radius 2 is 1.46 bits per heavy atom. The summed E-state index contributed by atoms with van der Waals surface area (Å²) in [6.07, 6.45) is 0. The first kappa shape index (κ1) is 17.7. The van der Waals surface area contributed by atoms with Gasteiger partial charge in [-0.15, -0.1) is 0 Å². The minimum atomic E-state index is -0.307. The fourth-order valence-corrected chi connectivity index (χ4v) is 3.02. The van der Waals surface area contributed by atoms with E-state index in [2.05, 4.69) is 20.6 Å². The second-order valence-electron chi connectivity index (χ2n) is 6.51. The van der Waals surface area contributed by atoms with Crippen molar-refractivity contribution in [3.8, 4) is 0 Å². The number of benzene rings is 3. The van der Waals surface area contributed by atoms with Gasteiger partial charge < -0.3 is 10.6 Å². The molecule has 0 aliphatic heterocycles. The Hall–Kier alpha value is -3.73. The van der Waals surface area contributed by atoms with Gasteiger partial charge in [0.05, 0.1) is 11.6 Å². The molecule has 4 rings (SSSR count). The third-order valence-corrected chi connectivity index (χ3v) is 4.49. The molecule has 4 aromatic rings. The molecule has 0 aliphatic carbocycles. The molecule has 0 saturated heterocycles. The number of hydrogen-bond acceptors (Lipinski definition) is 4. The van der Waals surface area contributed by atoms with Crippen LogP contribution in [0.1, 0.15) is 29.1 Å². The van der Waals surface area contributed by atoms with Gasteiger partial charge in [-0.2, -0.15) is 0 Å². The van der Waals surface area contributed by atoms with Crippen molar-refractivity contribution in [1.82, 2.24) is 15.3 Å². The topological polar surface area (TPSA) is 66.9 Å². The Bertz CT molecular complexity index is 1100. The summed E-state index contributed by atoms with van der Waals surface area (Å²) >= 11 is 0. The molecule has 1 heterocycles. The highest BCUT2D eigenvalue weighted by atomic mass is 16.2. The molecule has 0 bridgehead atoms. The second kappa shape index (κ2) is 7.88. The molecule has 3 aromatic carbocycles. The number of anilines is 2. The molecule has 28 heavy (non-hydrogen) atoms. The lowest BCUT2D eigenvalue weighted by atomic mass is 10.1. The maximum atomic E-state index is 12.8. The molecule has 1 atom stereocenters. The molecule has 5 heteroatoms. The highest BCUT2D eigenvalue weighted by Crippen LogP contribution is 2.24. The van der Waals surface area contributed by atoms with Crippen LogP contribution in [0.25, 0.3) is 10.9 Å². The molecule has 0 saturated carbocycles. The Kier molecular flexibility index (Phi) is 4.97. The first-order valence-corrected chi connectivity index (χ1v) is 9.15. The molecule has 2 N–H and O–H groups in total. The molecule has 5 nitrogen and oxygen atoms in total. The van der Waals surface area contributed by atoms with Crippen molar-refractivity contribution in [1.29, 1.82) is 0 Å². The largest absolute Gasteiger partial charge is 0.343 e. The van der Waals surface area contributed by atoms with E-state index in [1.54, 1.807) is 0 Å². The average Bonchev–Trinajstić information content (AvgIpc) is 2.75. The average molecular weight is 368 g/mol. The zero-order chi connectivity index (χ0) is 19.3. The monoisotopic (exact) mass is 368 g/mol. The lowest BCUT2D eigenvalue weighted by Gasteiger charge is -2.15. The Balaban J connectivity index is 1.66. The van der Waals surface area contributed by atoms with Crippen LogP contribution in [0.2, 0.25) is 0 Å². The van der Waals surface area contributed by atoms with Crippen LogP contribution in [0.15, 0.2) is 84.9 Å². The number of carbonyl (C=O) groups is 1.